The molecule has 1 rings (SSSR count). The van der Waals surface area contributed by atoms with E-state index in [2.05, 4.69) is 0 Å². The van der Waals surface area contributed by atoms with Gasteiger partial charge in [0.1, 0.15) is 6.17 Å². The highest BCUT2D eigenvalue weighted by atomic mass is 19.3. The van der Waals surface area contributed by atoms with Gasteiger partial charge in [-0.25, -0.2) is 17.6 Å². The largest absolute Gasteiger partial charge is 0.281 e. The lowest BCUT2D eigenvalue weighted by Gasteiger charge is -2.10. The van der Waals surface area contributed by atoms with Crippen LogP contribution in [-0.2, 0) is 0 Å². The highest BCUT2D eigenvalue weighted by Gasteiger charge is 2.51. The predicted octanol–water partition coefficient (Wildman–Crippen LogP) is 2.09. The topological polar surface area (TPSA) is 0 Å². The Labute approximate surface area is 49.9 Å². The van der Waals surface area contributed by atoms with Gasteiger partial charge in [0, 0.05) is 6.42 Å². The number of rotatable bonds is 0. The predicted molar refractivity (Wildman–Crippen MR) is 24.0 cm³/mol. The summed E-state index contributed by atoms with van der Waals surface area (Å²) < 4.78 is 47.9. The van der Waals surface area contributed by atoms with Crippen molar-refractivity contribution in [2.45, 2.75) is 31.1 Å². The minimum absolute atomic E-state index is 0.353. The molecule has 1 saturated carbocycles. The minimum atomic E-state index is -3.42. The third-order valence-electron chi connectivity index (χ3n) is 1.47. The molecule has 0 aromatic rings. The molecule has 9 heavy (non-hydrogen) atoms. The lowest BCUT2D eigenvalue weighted by molar-refractivity contribution is -0.0634. The molecule has 0 aliphatic heterocycles. The van der Waals surface area contributed by atoms with Gasteiger partial charge >= 0.3 is 0 Å². The van der Waals surface area contributed by atoms with Crippen LogP contribution in [0.15, 0.2) is 0 Å². The van der Waals surface area contributed by atoms with E-state index in [1.165, 1.54) is 0 Å². The van der Waals surface area contributed by atoms with Crippen molar-refractivity contribution in [2.24, 2.45) is 0 Å². The number of hydrogen-bond donors (Lipinski definition) is 0. The van der Waals surface area contributed by atoms with Gasteiger partial charge in [-0.2, -0.15) is 0 Å². The molecule has 2 unspecified atom stereocenters. The van der Waals surface area contributed by atoms with E-state index < -0.39 is 24.7 Å². The third kappa shape index (κ3) is 1.02. The van der Waals surface area contributed by atoms with E-state index in [9.17, 15) is 17.6 Å². The molecule has 0 radical (unpaired) electrons. The van der Waals surface area contributed by atoms with Crippen molar-refractivity contribution in [1.82, 2.24) is 0 Å². The first-order valence-corrected chi connectivity index (χ1v) is 2.70. The molecule has 2 atom stereocenters. The molecule has 0 N–H and O–H groups in total. The summed E-state index contributed by atoms with van der Waals surface area (Å²) in [5, 5.41) is 0. The normalized spacial score (nSPS) is 41.3. The Bertz CT molecular complexity index is 112. The fourth-order valence-corrected chi connectivity index (χ4v) is 0.879. The van der Waals surface area contributed by atoms with Crippen molar-refractivity contribution in [3.63, 3.8) is 0 Å². The zero-order valence-corrected chi connectivity index (χ0v) is 4.58. The second-order valence-electron chi connectivity index (χ2n) is 2.22. The van der Waals surface area contributed by atoms with E-state index in [-0.39, 0.29) is 6.42 Å². The smallest absolute Gasteiger partial charge is 0.244 e. The van der Waals surface area contributed by atoms with E-state index in [1.807, 2.05) is 0 Å². The van der Waals surface area contributed by atoms with Crippen LogP contribution in [0.2, 0.25) is 0 Å². The first-order valence-electron chi connectivity index (χ1n) is 2.70. The maximum Gasteiger partial charge on any atom is 0.281 e. The summed E-state index contributed by atoms with van der Waals surface area (Å²) in [5.41, 5.74) is 0. The molecule has 1 fully saturated rings. The summed E-state index contributed by atoms with van der Waals surface area (Å²) in [5.74, 6) is -3.42. The summed E-state index contributed by atoms with van der Waals surface area (Å²) in [6, 6.07) is 0. The molecule has 0 nitrogen and oxygen atoms in total. The van der Waals surface area contributed by atoms with Gasteiger partial charge in [-0.05, 0) is 6.42 Å². The Morgan fingerprint density at radius 3 is 1.89 bits per heavy atom. The van der Waals surface area contributed by atoms with Crippen LogP contribution < -0.4 is 0 Å². The monoisotopic (exact) mass is 142 g/mol. The van der Waals surface area contributed by atoms with Gasteiger partial charge in [-0.1, -0.05) is 0 Å². The maximum atomic E-state index is 12.0. The van der Waals surface area contributed by atoms with Gasteiger partial charge in [-0.15, -0.1) is 0 Å². The first kappa shape index (κ1) is 6.83. The fourth-order valence-electron chi connectivity index (χ4n) is 0.879. The molecule has 0 spiro atoms. The third-order valence-corrected chi connectivity index (χ3v) is 1.47. The molecule has 0 saturated heterocycles. The Morgan fingerprint density at radius 2 is 1.78 bits per heavy atom. The molecule has 0 heterocycles. The number of alkyl halides is 4. The van der Waals surface area contributed by atoms with E-state index in [1.54, 1.807) is 0 Å². The van der Waals surface area contributed by atoms with Gasteiger partial charge in [0.05, 0.1) is 0 Å². The highest BCUT2D eigenvalue weighted by molar-refractivity contribution is 4.91. The Balaban J connectivity index is 2.62. The van der Waals surface area contributed by atoms with Crippen LogP contribution in [0.4, 0.5) is 17.6 Å². The second kappa shape index (κ2) is 1.85. The van der Waals surface area contributed by atoms with Crippen LogP contribution in [0.3, 0.4) is 0 Å². The van der Waals surface area contributed by atoms with Gasteiger partial charge < -0.3 is 0 Å². The van der Waals surface area contributed by atoms with Crippen LogP contribution in [0.1, 0.15) is 12.8 Å². The van der Waals surface area contributed by atoms with Gasteiger partial charge in [0.2, 0.25) is 0 Å². The number of halogens is 4. The van der Waals surface area contributed by atoms with E-state index in [0.29, 0.717) is 0 Å². The van der Waals surface area contributed by atoms with E-state index in [0.717, 1.165) is 0 Å². The van der Waals surface area contributed by atoms with Gasteiger partial charge in [0.15, 0.2) is 6.17 Å². The summed E-state index contributed by atoms with van der Waals surface area (Å²) in [6.45, 7) is 0. The zero-order valence-electron chi connectivity index (χ0n) is 4.58. The molecule has 0 bridgehead atoms. The molecule has 0 amide bonds. The molecular weight excluding hydrogens is 136 g/mol. The Kier molecular flexibility index (Phi) is 1.41. The fraction of sp³-hybridized carbons (Fsp3) is 1.00. The first-order chi connectivity index (χ1) is 4.04. The van der Waals surface area contributed by atoms with Crippen molar-refractivity contribution in [2.75, 3.05) is 0 Å². The second-order valence-corrected chi connectivity index (χ2v) is 2.22. The van der Waals surface area contributed by atoms with E-state index in [4.69, 9.17) is 0 Å². The van der Waals surface area contributed by atoms with Crippen molar-refractivity contribution in [1.29, 1.82) is 0 Å². The zero-order chi connectivity index (χ0) is 7.07. The molecule has 1 aliphatic rings. The van der Waals surface area contributed by atoms with Crippen LogP contribution >= 0.6 is 0 Å². The van der Waals surface area contributed by atoms with Crippen LogP contribution in [0.5, 0.6) is 0 Å². The van der Waals surface area contributed by atoms with Crippen LogP contribution in [0.25, 0.3) is 0 Å². The molecular formula is C5H6F4. The quantitative estimate of drug-likeness (QED) is 0.454. The molecule has 0 aromatic heterocycles. The lowest BCUT2D eigenvalue weighted by Crippen LogP contribution is -2.27. The van der Waals surface area contributed by atoms with Crippen molar-refractivity contribution >= 4 is 0 Å². The average Bonchev–Trinajstić information content (AvgIpc) is 1.97. The Morgan fingerprint density at radius 1 is 1.22 bits per heavy atom. The van der Waals surface area contributed by atoms with Gasteiger partial charge in [-0.3, -0.25) is 0 Å². The molecule has 4 heteroatoms. The van der Waals surface area contributed by atoms with Gasteiger partial charge in [0.25, 0.3) is 5.92 Å². The molecule has 1 aliphatic carbocycles. The van der Waals surface area contributed by atoms with Crippen LogP contribution in [0, 0.1) is 0 Å². The highest BCUT2D eigenvalue weighted by Crippen LogP contribution is 2.38. The summed E-state index contributed by atoms with van der Waals surface area (Å²) >= 11 is 0. The number of hydrogen-bond acceptors (Lipinski definition) is 0. The van der Waals surface area contributed by atoms with E-state index >= 15 is 0 Å². The maximum absolute atomic E-state index is 12.0. The minimum Gasteiger partial charge on any atom is -0.244 e. The average molecular weight is 142 g/mol. The van der Waals surface area contributed by atoms with Crippen LogP contribution in [-0.4, -0.2) is 18.3 Å². The van der Waals surface area contributed by atoms with Crippen molar-refractivity contribution in [3.8, 4) is 0 Å². The standard InChI is InChI=1S/C5H6F4/c6-3-1-2-5(8,9)4(3)7/h3-4H,1-2H2. The molecule has 0 aromatic carbocycles. The summed E-state index contributed by atoms with van der Waals surface area (Å²) in [7, 11) is 0. The summed E-state index contributed by atoms with van der Waals surface area (Å²) in [6.07, 6.45) is -5.54. The van der Waals surface area contributed by atoms with Crippen molar-refractivity contribution < 1.29 is 17.6 Å². The Hall–Kier alpha value is -0.280. The SMILES string of the molecule is FC1CCC(F)(F)C1F. The van der Waals surface area contributed by atoms with Crippen molar-refractivity contribution in [3.05, 3.63) is 0 Å². The summed E-state index contributed by atoms with van der Waals surface area (Å²) in [4.78, 5) is 0. The molecule has 54 valence electrons. The lowest BCUT2D eigenvalue weighted by atomic mass is 10.3.